The molecule has 0 saturated carbocycles. The molecule has 4 nitrogen and oxygen atoms in total. The summed E-state index contributed by atoms with van der Waals surface area (Å²) in [4.78, 5) is 14.1. The van der Waals surface area contributed by atoms with Crippen LogP contribution < -0.4 is 4.74 Å². The van der Waals surface area contributed by atoms with Crippen LogP contribution in [0.15, 0.2) is 18.2 Å². The quantitative estimate of drug-likeness (QED) is 0.774. The number of hydrogen-bond donors (Lipinski definition) is 0. The molecule has 0 bridgehead atoms. The number of fused-ring (bicyclic) bond motifs is 1. The zero-order valence-corrected chi connectivity index (χ0v) is 10.7. The van der Waals surface area contributed by atoms with Gasteiger partial charge in [0, 0.05) is 24.5 Å². The molecule has 1 fully saturated rings. The minimum absolute atomic E-state index is 0.0469. The molecule has 18 heavy (non-hydrogen) atoms. The molecule has 3 rings (SSSR count). The number of ether oxygens (including phenoxy) is 2. The lowest BCUT2D eigenvalue weighted by atomic mass is 10.1. The molecule has 1 aromatic carbocycles. The second-order valence-corrected chi connectivity index (χ2v) is 4.94. The summed E-state index contributed by atoms with van der Waals surface area (Å²) in [5.41, 5.74) is 1.01. The Morgan fingerprint density at radius 3 is 2.89 bits per heavy atom. The fraction of sp³-hybridized carbons (Fsp3) is 0.462. The van der Waals surface area contributed by atoms with Crippen LogP contribution in [0.25, 0.3) is 0 Å². The van der Waals surface area contributed by atoms with Crippen LogP contribution >= 0.6 is 11.6 Å². The van der Waals surface area contributed by atoms with E-state index in [0.29, 0.717) is 37.7 Å². The van der Waals surface area contributed by atoms with E-state index in [9.17, 15) is 4.79 Å². The highest BCUT2D eigenvalue weighted by molar-refractivity contribution is 6.30. The van der Waals surface area contributed by atoms with E-state index in [1.807, 2.05) is 17.0 Å². The Morgan fingerprint density at radius 1 is 1.33 bits per heavy atom. The number of carbonyl (C=O) groups excluding carboxylic acids is 1. The summed E-state index contributed by atoms with van der Waals surface area (Å²) in [6.45, 7) is 2.51. The van der Waals surface area contributed by atoms with E-state index in [1.165, 1.54) is 0 Å². The van der Waals surface area contributed by atoms with Crippen molar-refractivity contribution in [3.63, 3.8) is 0 Å². The molecule has 1 atom stereocenters. The lowest BCUT2D eigenvalue weighted by Crippen LogP contribution is -2.47. The summed E-state index contributed by atoms with van der Waals surface area (Å²) < 4.78 is 10.9. The first-order chi connectivity index (χ1) is 8.74. The molecule has 0 aromatic heterocycles. The summed E-state index contributed by atoms with van der Waals surface area (Å²) in [7, 11) is 0. The van der Waals surface area contributed by atoms with Gasteiger partial charge in [-0.15, -0.1) is 0 Å². The van der Waals surface area contributed by atoms with Crippen molar-refractivity contribution in [2.24, 2.45) is 0 Å². The molecule has 2 aliphatic heterocycles. The van der Waals surface area contributed by atoms with Crippen molar-refractivity contribution >= 4 is 17.5 Å². The fourth-order valence-corrected chi connectivity index (χ4v) is 2.54. The summed E-state index contributed by atoms with van der Waals surface area (Å²) in [6.07, 6.45) is 0.197. The van der Waals surface area contributed by atoms with Gasteiger partial charge >= 0.3 is 0 Å². The van der Waals surface area contributed by atoms with Crippen LogP contribution in [-0.4, -0.2) is 43.2 Å². The smallest absolute Gasteiger partial charge is 0.264 e. The molecule has 0 spiro atoms. The third-order valence-corrected chi connectivity index (χ3v) is 3.53. The van der Waals surface area contributed by atoms with Crippen LogP contribution in [-0.2, 0) is 16.0 Å². The topological polar surface area (TPSA) is 38.8 Å². The van der Waals surface area contributed by atoms with Gasteiger partial charge in [0.1, 0.15) is 5.75 Å². The molecule has 2 aliphatic rings. The van der Waals surface area contributed by atoms with E-state index in [4.69, 9.17) is 21.1 Å². The van der Waals surface area contributed by atoms with E-state index >= 15 is 0 Å². The predicted molar refractivity (Wildman–Crippen MR) is 67.0 cm³/mol. The highest BCUT2D eigenvalue weighted by Crippen LogP contribution is 2.31. The maximum absolute atomic E-state index is 12.3. The highest BCUT2D eigenvalue weighted by atomic mass is 35.5. The summed E-state index contributed by atoms with van der Waals surface area (Å²) in [6, 6.07) is 5.47. The molecule has 1 aromatic rings. The van der Waals surface area contributed by atoms with E-state index in [2.05, 4.69) is 0 Å². The zero-order chi connectivity index (χ0) is 12.5. The van der Waals surface area contributed by atoms with Crippen molar-refractivity contribution in [2.45, 2.75) is 12.5 Å². The number of rotatable bonds is 1. The van der Waals surface area contributed by atoms with Crippen LogP contribution in [0.4, 0.5) is 0 Å². The Balaban J connectivity index is 1.71. The van der Waals surface area contributed by atoms with Crippen molar-refractivity contribution in [3.8, 4) is 5.75 Å². The molecule has 96 valence electrons. The molecule has 2 heterocycles. The normalized spacial score (nSPS) is 22.5. The Morgan fingerprint density at radius 2 is 2.11 bits per heavy atom. The Labute approximate surface area is 110 Å². The number of halogens is 1. The van der Waals surface area contributed by atoms with Crippen LogP contribution in [0.3, 0.4) is 0 Å². The fourth-order valence-electron chi connectivity index (χ4n) is 2.34. The van der Waals surface area contributed by atoms with Crippen LogP contribution in [0.1, 0.15) is 5.56 Å². The van der Waals surface area contributed by atoms with E-state index in [1.54, 1.807) is 6.07 Å². The first kappa shape index (κ1) is 11.8. The van der Waals surface area contributed by atoms with E-state index in [0.717, 1.165) is 11.3 Å². The summed E-state index contributed by atoms with van der Waals surface area (Å²) >= 11 is 5.93. The molecule has 0 aliphatic carbocycles. The Kier molecular flexibility index (Phi) is 3.14. The second kappa shape index (κ2) is 4.78. The van der Waals surface area contributed by atoms with Gasteiger partial charge in [-0.3, -0.25) is 4.79 Å². The maximum Gasteiger partial charge on any atom is 0.264 e. The summed E-state index contributed by atoms with van der Waals surface area (Å²) in [5.74, 6) is 0.816. The van der Waals surface area contributed by atoms with Gasteiger partial charge < -0.3 is 14.4 Å². The molecule has 1 amide bonds. The van der Waals surface area contributed by atoms with Crippen molar-refractivity contribution in [1.82, 2.24) is 4.90 Å². The number of carbonyl (C=O) groups is 1. The minimum Gasteiger partial charge on any atom is -0.480 e. The molecule has 0 radical (unpaired) electrons. The predicted octanol–water partition coefficient (Wildman–Crippen LogP) is 1.50. The van der Waals surface area contributed by atoms with Crippen LogP contribution in [0.2, 0.25) is 5.02 Å². The Hall–Kier alpha value is -1.26. The zero-order valence-electron chi connectivity index (χ0n) is 9.89. The van der Waals surface area contributed by atoms with Gasteiger partial charge in [0.2, 0.25) is 0 Å². The molecule has 0 N–H and O–H groups in total. The monoisotopic (exact) mass is 267 g/mol. The van der Waals surface area contributed by atoms with Crippen molar-refractivity contribution in [3.05, 3.63) is 28.8 Å². The first-order valence-electron chi connectivity index (χ1n) is 6.05. The van der Waals surface area contributed by atoms with E-state index < -0.39 is 6.10 Å². The average molecular weight is 268 g/mol. The number of nitrogens with zero attached hydrogens (tertiary/aromatic N) is 1. The second-order valence-electron chi connectivity index (χ2n) is 4.50. The molecule has 5 heteroatoms. The third-order valence-electron chi connectivity index (χ3n) is 3.30. The first-order valence-corrected chi connectivity index (χ1v) is 6.43. The molecule has 1 unspecified atom stereocenters. The van der Waals surface area contributed by atoms with Gasteiger partial charge in [0.25, 0.3) is 5.91 Å². The summed E-state index contributed by atoms with van der Waals surface area (Å²) in [5, 5.41) is 0.678. The maximum atomic E-state index is 12.3. The molecular weight excluding hydrogens is 254 g/mol. The molecular formula is C13H14ClNO3. The highest BCUT2D eigenvalue weighted by Gasteiger charge is 2.33. The number of benzene rings is 1. The number of morpholine rings is 1. The Bertz CT molecular complexity index is 471. The standard InChI is InChI=1S/C13H14ClNO3/c14-10-1-2-11-9(7-10)8-12(18-11)13(16)15-3-5-17-6-4-15/h1-2,7,12H,3-6,8H2. The SMILES string of the molecule is O=C(C1Cc2cc(Cl)ccc2O1)N1CCOCC1. The van der Waals surface area contributed by atoms with E-state index in [-0.39, 0.29) is 5.91 Å². The van der Waals surface area contributed by atoms with Crippen molar-refractivity contribution in [2.75, 3.05) is 26.3 Å². The number of amides is 1. The minimum atomic E-state index is -0.406. The van der Waals surface area contributed by atoms with Gasteiger partial charge in [0.15, 0.2) is 6.10 Å². The lowest BCUT2D eigenvalue weighted by molar-refractivity contribution is -0.142. The van der Waals surface area contributed by atoms with Crippen LogP contribution in [0, 0.1) is 0 Å². The van der Waals surface area contributed by atoms with Gasteiger partial charge in [-0.05, 0) is 23.8 Å². The number of hydrogen-bond acceptors (Lipinski definition) is 3. The van der Waals surface area contributed by atoms with Gasteiger partial charge in [0.05, 0.1) is 13.2 Å². The lowest BCUT2D eigenvalue weighted by Gasteiger charge is -2.28. The van der Waals surface area contributed by atoms with Crippen LogP contribution in [0.5, 0.6) is 5.75 Å². The third kappa shape index (κ3) is 2.18. The largest absolute Gasteiger partial charge is 0.480 e. The van der Waals surface area contributed by atoms with Crippen molar-refractivity contribution in [1.29, 1.82) is 0 Å². The molecule has 1 saturated heterocycles. The van der Waals surface area contributed by atoms with Crippen molar-refractivity contribution < 1.29 is 14.3 Å². The van der Waals surface area contributed by atoms with Gasteiger partial charge in [-0.1, -0.05) is 11.6 Å². The van der Waals surface area contributed by atoms with Gasteiger partial charge in [-0.2, -0.15) is 0 Å². The van der Waals surface area contributed by atoms with Gasteiger partial charge in [-0.25, -0.2) is 0 Å². The average Bonchev–Trinajstić information content (AvgIpc) is 2.81.